The monoisotopic (exact) mass is 218 g/mol. The topological polar surface area (TPSA) is 45.1 Å². The number of aliphatic hydroxyl groups excluding tert-OH is 1. The lowest BCUT2D eigenvalue weighted by Gasteiger charge is -2.11. The second kappa shape index (κ2) is 6.37. The van der Waals surface area contributed by atoms with Gasteiger partial charge >= 0.3 is 0 Å². The van der Waals surface area contributed by atoms with Gasteiger partial charge in [0.05, 0.1) is 6.61 Å². The van der Waals surface area contributed by atoms with Gasteiger partial charge in [0.15, 0.2) is 0 Å². The molecule has 0 fully saturated rings. The molecular weight excluding hydrogens is 204 g/mol. The fraction of sp³-hybridized carbons (Fsp3) is 0.625. The van der Waals surface area contributed by atoms with Crippen molar-refractivity contribution >= 4 is 23.1 Å². The fourth-order valence-corrected chi connectivity index (χ4v) is 2.66. The fourth-order valence-electron chi connectivity index (χ4n) is 0.897. The highest BCUT2D eigenvalue weighted by Crippen LogP contribution is 2.20. The van der Waals surface area contributed by atoms with Crippen LogP contribution in [0.25, 0.3) is 0 Å². The average molecular weight is 218 g/mol. The van der Waals surface area contributed by atoms with Crippen LogP contribution in [0.1, 0.15) is 6.42 Å². The quantitative estimate of drug-likeness (QED) is 0.704. The van der Waals surface area contributed by atoms with Gasteiger partial charge in [-0.1, -0.05) is 11.8 Å². The van der Waals surface area contributed by atoms with Gasteiger partial charge in [0.25, 0.3) is 0 Å². The summed E-state index contributed by atoms with van der Waals surface area (Å²) >= 11 is 3.40. The maximum atomic E-state index is 8.90. The lowest BCUT2D eigenvalue weighted by atomic mass is 10.2. The van der Waals surface area contributed by atoms with Crippen molar-refractivity contribution in [2.75, 3.05) is 19.4 Å². The third kappa shape index (κ3) is 4.08. The number of hydrogen-bond donors (Lipinski definition) is 2. The molecule has 5 heteroatoms. The Morgan fingerprint density at radius 3 is 3.15 bits per heavy atom. The first-order chi connectivity index (χ1) is 6.36. The zero-order valence-electron chi connectivity index (χ0n) is 7.56. The molecular formula is C8H14N2OS2. The average Bonchev–Trinajstić information content (AvgIpc) is 2.65. The number of thiazole rings is 1. The standard InChI is InChI=1S/C8H14N2OS2/c1-9-7(6-11)2-4-12-8-10-3-5-13-8/h3,5,7,9,11H,2,4,6H2,1H3. The van der Waals surface area contributed by atoms with E-state index in [1.807, 2.05) is 18.6 Å². The van der Waals surface area contributed by atoms with Gasteiger partial charge in [0.2, 0.25) is 0 Å². The van der Waals surface area contributed by atoms with Crippen molar-refractivity contribution in [1.29, 1.82) is 0 Å². The summed E-state index contributed by atoms with van der Waals surface area (Å²) in [6.45, 7) is 0.203. The van der Waals surface area contributed by atoms with Gasteiger partial charge in [-0.15, -0.1) is 11.3 Å². The minimum atomic E-state index is 0.203. The van der Waals surface area contributed by atoms with Crippen LogP contribution in [0.15, 0.2) is 15.9 Å². The number of likely N-dealkylation sites (N-methyl/N-ethyl adjacent to an activating group) is 1. The van der Waals surface area contributed by atoms with Crippen molar-refractivity contribution in [2.24, 2.45) is 0 Å². The summed E-state index contributed by atoms with van der Waals surface area (Å²) in [7, 11) is 1.87. The zero-order valence-corrected chi connectivity index (χ0v) is 9.20. The van der Waals surface area contributed by atoms with Gasteiger partial charge in [-0.2, -0.15) is 0 Å². The number of aromatic nitrogens is 1. The highest BCUT2D eigenvalue weighted by molar-refractivity contribution is 8.00. The molecule has 0 saturated heterocycles. The van der Waals surface area contributed by atoms with Crippen LogP contribution in [0, 0.1) is 0 Å². The molecule has 2 N–H and O–H groups in total. The molecule has 1 unspecified atom stereocenters. The molecule has 0 amide bonds. The lowest BCUT2D eigenvalue weighted by molar-refractivity contribution is 0.246. The van der Waals surface area contributed by atoms with Crippen LogP contribution < -0.4 is 5.32 Å². The molecule has 1 atom stereocenters. The van der Waals surface area contributed by atoms with Gasteiger partial charge in [-0.25, -0.2) is 4.98 Å². The third-order valence-corrected chi connectivity index (χ3v) is 3.73. The maximum absolute atomic E-state index is 8.90. The van der Waals surface area contributed by atoms with Crippen molar-refractivity contribution in [1.82, 2.24) is 10.3 Å². The maximum Gasteiger partial charge on any atom is 0.149 e. The Balaban J connectivity index is 2.13. The van der Waals surface area contributed by atoms with Gasteiger partial charge in [-0.3, -0.25) is 0 Å². The number of aliphatic hydroxyl groups is 1. The predicted octanol–water partition coefficient (Wildman–Crippen LogP) is 1.21. The highest BCUT2D eigenvalue weighted by atomic mass is 32.2. The van der Waals surface area contributed by atoms with Crippen molar-refractivity contribution in [3.8, 4) is 0 Å². The molecule has 3 nitrogen and oxygen atoms in total. The van der Waals surface area contributed by atoms with E-state index < -0.39 is 0 Å². The summed E-state index contributed by atoms with van der Waals surface area (Å²) in [6.07, 6.45) is 2.78. The zero-order chi connectivity index (χ0) is 9.52. The molecule has 0 aliphatic rings. The van der Waals surface area contributed by atoms with E-state index in [0.717, 1.165) is 16.5 Å². The van der Waals surface area contributed by atoms with Gasteiger partial charge in [0, 0.05) is 23.4 Å². The van der Waals surface area contributed by atoms with Crippen LogP contribution >= 0.6 is 23.1 Å². The Hall–Kier alpha value is -0.100. The molecule has 0 saturated carbocycles. The molecule has 13 heavy (non-hydrogen) atoms. The van der Waals surface area contributed by atoms with Crippen molar-refractivity contribution in [2.45, 2.75) is 16.8 Å². The van der Waals surface area contributed by atoms with Crippen LogP contribution in [0.4, 0.5) is 0 Å². The smallest absolute Gasteiger partial charge is 0.149 e. The second-order valence-corrected chi connectivity index (χ2v) is 4.84. The molecule has 1 aromatic heterocycles. The van der Waals surface area contributed by atoms with E-state index in [9.17, 15) is 0 Å². The predicted molar refractivity (Wildman–Crippen MR) is 57.4 cm³/mol. The molecule has 1 heterocycles. The first-order valence-electron chi connectivity index (χ1n) is 4.17. The normalized spacial score (nSPS) is 13.1. The first kappa shape index (κ1) is 11.0. The largest absolute Gasteiger partial charge is 0.395 e. The third-order valence-electron chi connectivity index (χ3n) is 1.73. The van der Waals surface area contributed by atoms with E-state index in [1.54, 1.807) is 23.1 Å². The van der Waals surface area contributed by atoms with E-state index >= 15 is 0 Å². The van der Waals surface area contributed by atoms with Gasteiger partial charge < -0.3 is 10.4 Å². The number of nitrogens with zero attached hydrogens (tertiary/aromatic N) is 1. The van der Waals surface area contributed by atoms with Crippen molar-refractivity contribution in [3.05, 3.63) is 11.6 Å². The van der Waals surface area contributed by atoms with E-state index in [2.05, 4.69) is 10.3 Å². The number of thioether (sulfide) groups is 1. The SMILES string of the molecule is CNC(CO)CCSc1nccs1. The minimum absolute atomic E-state index is 0.203. The molecule has 1 aromatic rings. The van der Waals surface area contributed by atoms with Crippen LogP contribution in [0.3, 0.4) is 0 Å². The van der Waals surface area contributed by atoms with Crippen LogP contribution in [-0.4, -0.2) is 35.5 Å². The summed E-state index contributed by atoms with van der Waals surface area (Å²) in [6, 6.07) is 0.215. The number of hydrogen-bond acceptors (Lipinski definition) is 5. The Morgan fingerprint density at radius 2 is 2.62 bits per heavy atom. The van der Waals surface area contributed by atoms with E-state index in [1.165, 1.54) is 0 Å². The highest BCUT2D eigenvalue weighted by Gasteiger charge is 2.04. The van der Waals surface area contributed by atoms with E-state index in [0.29, 0.717) is 0 Å². The second-order valence-electron chi connectivity index (χ2n) is 2.60. The van der Waals surface area contributed by atoms with Crippen LogP contribution in [0.5, 0.6) is 0 Å². The van der Waals surface area contributed by atoms with Crippen molar-refractivity contribution < 1.29 is 5.11 Å². The lowest BCUT2D eigenvalue weighted by Crippen LogP contribution is -2.29. The van der Waals surface area contributed by atoms with Gasteiger partial charge in [0.1, 0.15) is 4.34 Å². The summed E-state index contributed by atoms with van der Waals surface area (Å²) < 4.78 is 1.10. The summed E-state index contributed by atoms with van der Waals surface area (Å²) in [5, 5.41) is 13.9. The molecule has 0 bridgehead atoms. The molecule has 74 valence electrons. The summed E-state index contributed by atoms with van der Waals surface area (Å²) in [4.78, 5) is 4.16. The Morgan fingerprint density at radius 1 is 1.77 bits per heavy atom. The Kier molecular flexibility index (Phi) is 5.38. The molecule has 0 aliphatic heterocycles. The number of nitrogens with one attached hydrogen (secondary N) is 1. The summed E-state index contributed by atoms with van der Waals surface area (Å²) in [5.41, 5.74) is 0. The first-order valence-corrected chi connectivity index (χ1v) is 6.03. The van der Waals surface area contributed by atoms with Gasteiger partial charge in [-0.05, 0) is 13.5 Å². The molecule has 0 aliphatic carbocycles. The Labute approximate surface area is 86.6 Å². The minimum Gasteiger partial charge on any atom is -0.395 e. The molecule has 0 spiro atoms. The molecule has 1 rings (SSSR count). The number of rotatable bonds is 6. The van der Waals surface area contributed by atoms with E-state index in [4.69, 9.17) is 5.11 Å². The summed E-state index contributed by atoms with van der Waals surface area (Å²) in [5.74, 6) is 1.000. The Bertz CT molecular complexity index is 212. The van der Waals surface area contributed by atoms with Crippen LogP contribution in [0.2, 0.25) is 0 Å². The van der Waals surface area contributed by atoms with Crippen molar-refractivity contribution in [3.63, 3.8) is 0 Å². The van der Waals surface area contributed by atoms with E-state index in [-0.39, 0.29) is 12.6 Å². The van der Waals surface area contributed by atoms with Crippen LogP contribution in [-0.2, 0) is 0 Å². The molecule has 0 radical (unpaired) electrons. The molecule has 0 aromatic carbocycles.